The maximum absolute atomic E-state index is 2.58. The van der Waals surface area contributed by atoms with E-state index in [0.29, 0.717) is 0 Å². The molecule has 13 rings (SSSR count). The highest BCUT2D eigenvalue weighted by Gasteiger charge is 2.29. The minimum atomic E-state index is -0.0216. The second-order valence-corrected chi connectivity index (χ2v) is 22.1. The number of para-hydroxylation sites is 2. The zero-order chi connectivity index (χ0) is 48.1. The summed E-state index contributed by atoms with van der Waals surface area (Å²) in [6, 6.07) is 64.6. The van der Waals surface area contributed by atoms with Gasteiger partial charge in [0.15, 0.2) is 0 Å². The molecule has 0 saturated carbocycles. The molecule has 0 N–H and O–H groups in total. The Morgan fingerprint density at radius 2 is 0.714 bits per heavy atom. The van der Waals surface area contributed by atoms with Gasteiger partial charge in [0.05, 0.1) is 44.5 Å². The van der Waals surface area contributed by atoms with Crippen molar-refractivity contribution in [1.29, 1.82) is 0 Å². The van der Waals surface area contributed by atoms with Crippen LogP contribution in [-0.4, -0.2) is 8.80 Å². The average molecular weight is 907 g/mol. The van der Waals surface area contributed by atoms with Crippen molar-refractivity contribution in [1.82, 2.24) is 8.80 Å². The van der Waals surface area contributed by atoms with Gasteiger partial charge in [-0.15, -0.1) is 0 Å². The van der Waals surface area contributed by atoms with E-state index in [0.717, 1.165) is 22.7 Å². The standard InChI is InChI=1S/C66H58N4/c1-39-21-25-47(33-41(39)3)67(45-17-13-11-14-18-45)57-31-27-49-51-37-60-52(38-59(51)69-55-29-23-43(65(5,6)7)35-53(55)61(57)63(49)69)50-28-32-58(62-54-36-44(66(8,9)10)24-30-56(54)70(60)64(50)62)68(46-19-15-12-16-20-46)48-26-22-40(2)42(4)34-48/h11-38H,1-10H3. The van der Waals surface area contributed by atoms with Gasteiger partial charge in [-0.1, -0.05) is 114 Å². The van der Waals surface area contributed by atoms with E-state index in [9.17, 15) is 0 Å². The van der Waals surface area contributed by atoms with E-state index in [1.165, 1.54) is 121 Å². The Labute approximate surface area is 410 Å². The molecular formula is C66H58N4. The Kier molecular flexibility index (Phi) is 8.97. The van der Waals surface area contributed by atoms with Crippen molar-refractivity contribution in [2.75, 3.05) is 9.80 Å². The number of rotatable bonds is 6. The third-order valence-corrected chi connectivity index (χ3v) is 15.7. The lowest BCUT2D eigenvalue weighted by Gasteiger charge is -2.27. The van der Waals surface area contributed by atoms with Gasteiger partial charge in [-0.05, 0) is 169 Å². The normalized spacial score (nSPS) is 12.7. The third-order valence-electron chi connectivity index (χ3n) is 15.7. The lowest BCUT2D eigenvalue weighted by Crippen LogP contribution is -2.11. The fourth-order valence-electron chi connectivity index (χ4n) is 11.6. The molecule has 0 bridgehead atoms. The van der Waals surface area contributed by atoms with E-state index in [1.807, 2.05) is 0 Å². The number of nitrogens with zero attached hydrogens (tertiary/aromatic N) is 4. The van der Waals surface area contributed by atoms with E-state index in [1.54, 1.807) is 0 Å². The molecule has 0 amide bonds. The molecule has 0 aliphatic rings. The first kappa shape index (κ1) is 42.3. The minimum Gasteiger partial charge on any atom is -0.310 e. The second kappa shape index (κ2) is 14.8. The highest BCUT2D eigenvalue weighted by atomic mass is 15.2. The smallest absolute Gasteiger partial charge is 0.0641 e. The van der Waals surface area contributed by atoms with Crippen LogP contribution in [0, 0.1) is 27.7 Å². The Morgan fingerprint density at radius 1 is 0.314 bits per heavy atom. The number of aromatic nitrogens is 2. The average Bonchev–Trinajstić information content (AvgIpc) is 4.07. The molecule has 0 aliphatic carbocycles. The van der Waals surface area contributed by atoms with Crippen LogP contribution in [0.25, 0.3) is 76.2 Å². The summed E-state index contributed by atoms with van der Waals surface area (Å²) >= 11 is 0. The molecule has 4 heteroatoms. The first-order valence-electron chi connectivity index (χ1n) is 24.9. The molecule has 0 spiro atoms. The first-order chi connectivity index (χ1) is 33.7. The summed E-state index contributed by atoms with van der Waals surface area (Å²) in [6.45, 7) is 22.8. The van der Waals surface area contributed by atoms with Gasteiger partial charge in [-0.2, -0.15) is 0 Å². The molecule has 0 aliphatic heterocycles. The second-order valence-electron chi connectivity index (χ2n) is 22.1. The van der Waals surface area contributed by atoms with Crippen LogP contribution in [0.15, 0.2) is 170 Å². The maximum Gasteiger partial charge on any atom is 0.0641 e. The van der Waals surface area contributed by atoms with Crippen LogP contribution in [0.5, 0.6) is 0 Å². The summed E-state index contributed by atoms with van der Waals surface area (Å²) in [6.07, 6.45) is 0. The quantitative estimate of drug-likeness (QED) is 0.165. The highest BCUT2D eigenvalue weighted by Crippen LogP contribution is 2.52. The number of hydrogen-bond donors (Lipinski definition) is 0. The monoisotopic (exact) mass is 906 g/mol. The largest absolute Gasteiger partial charge is 0.310 e. The van der Waals surface area contributed by atoms with Gasteiger partial charge in [0.25, 0.3) is 0 Å². The fourth-order valence-corrected chi connectivity index (χ4v) is 11.6. The number of aryl methyl sites for hydroxylation is 4. The van der Waals surface area contributed by atoms with Crippen molar-refractivity contribution < 1.29 is 0 Å². The lowest BCUT2D eigenvalue weighted by molar-refractivity contribution is 0.591. The van der Waals surface area contributed by atoms with E-state index in [4.69, 9.17) is 0 Å². The number of anilines is 6. The predicted molar refractivity (Wildman–Crippen MR) is 301 cm³/mol. The number of benzene rings is 9. The molecule has 0 radical (unpaired) electrons. The molecule has 0 saturated heterocycles. The van der Waals surface area contributed by atoms with Gasteiger partial charge in [0.2, 0.25) is 0 Å². The van der Waals surface area contributed by atoms with Crippen molar-refractivity contribution >= 4 is 110 Å². The van der Waals surface area contributed by atoms with Gasteiger partial charge >= 0.3 is 0 Å². The topological polar surface area (TPSA) is 15.3 Å². The van der Waals surface area contributed by atoms with Crippen LogP contribution in [0.4, 0.5) is 34.1 Å². The number of hydrogen-bond acceptors (Lipinski definition) is 2. The van der Waals surface area contributed by atoms with Crippen molar-refractivity contribution in [2.45, 2.75) is 80.1 Å². The first-order valence-corrected chi connectivity index (χ1v) is 24.9. The molecular weight excluding hydrogens is 849 g/mol. The summed E-state index contributed by atoms with van der Waals surface area (Å²) in [5.74, 6) is 0. The summed E-state index contributed by atoms with van der Waals surface area (Å²) in [4.78, 5) is 4.95. The molecule has 342 valence electrons. The molecule has 4 nitrogen and oxygen atoms in total. The molecule has 70 heavy (non-hydrogen) atoms. The van der Waals surface area contributed by atoms with Crippen LogP contribution in [-0.2, 0) is 10.8 Å². The maximum atomic E-state index is 2.58. The van der Waals surface area contributed by atoms with Crippen LogP contribution >= 0.6 is 0 Å². The Hall–Kier alpha value is -7.82. The molecule has 4 heterocycles. The van der Waals surface area contributed by atoms with Gasteiger partial charge in [-0.25, -0.2) is 0 Å². The van der Waals surface area contributed by atoms with E-state index in [-0.39, 0.29) is 10.8 Å². The fraction of sp³-hybridized carbons (Fsp3) is 0.182. The number of fused-ring (bicyclic) bond motifs is 12. The van der Waals surface area contributed by atoms with Crippen molar-refractivity contribution in [3.05, 3.63) is 203 Å². The molecule has 0 unspecified atom stereocenters. The SMILES string of the molecule is Cc1ccc(N(c2ccccc2)c2ccc3c4cc5c(cc4n4c6ccc(C(C)(C)C)cc6c2c34)c2ccc(N(c3ccccc3)c3ccc(C)c(C)c3)c3c4cc(C(C)(C)C)ccc4n5c23)cc1C. The highest BCUT2D eigenvalue weighted by molar-refractivity contribution is 6.32. The van der Waals surface area contributed by atoms with Crippen molar-refractivity contribution in [2.24, 2.45) is 0 Å². The Morgan fingerprint density at radius 3 is 1.09 bits per heavy atom. The Balaban J connectivity index is 1.16. The summed E-state index contributed by atoms with van der Waals surface area (Å²) in [5, 5.41) is 10.2. The van der Waals surface area contributed by atoms with E-state index >= 15 is 0 Å². The molecule has 0 atom stereocenters. The van der Waals surface area contributed by atoms with Gasteiger partial charge in [0, 0.05) is 65.8 Å². The molecule has 9 aromatic carbocycles. The van der Waals surface area contributed by atoms with Crippen LogP contribution in [0.1, 0.15) is 74.9 Å². The van der Waals surface area contributed by atoms with Crippen LogP contribution in [0.2, 0.25) is 0 Å². The van der Waals surface area contributed by atoms with Crippen LogP contribution in [0.3, 0.4) is 0 Å². The van der Waals surface area contributed by atoms with Gasteiger partial charge < -0.3 is 18.6 Å². The van der Waals surface area contributed by atoms with E-state index in [2.05, 4.69) is 258 Å². The summed E-state index contributed by atoms with van der Waals surface area (Å²) < 4.78 is 5.16. The third kappa shape index (κ3) is 6.08. The van der Waals surface area contributed by atoms with Gasteiger partial charge in [0.1, 0.15) is 0 Å². The molecule has 4 aromatic heterocycles. The predicted octanol–water partition coefficient (Wildman–Crippen LogP) is 18.8. The van der Waals surface area contributed by atoms with Crippen molar-refractivity contribution in [3.63, 3.8) is 0 Å². The summed E-state index contributed by atoms with van der Waals surface area (Å²) in [7, 11) is 0. The minimum absolute atomic E-state index is 0.0216. The van der Waals surface area contributed by atoms with Crippen LogP contribution < -0.4 is 9.80 Å². The summed E-state index contributed by atoms with van der Waals surface area (Å²) in [5.41, 5.74) is 22.2. The lowest BCUT2D eigenvalue weighted by atomic mass is 9.86. The Bertz CT molecular complexity index is 3960. The zero-order valence-electron chi connectivity index (χ0n) is 42.0. The molecule has 13 aromatic rings. The zero-order valence-corrected chi connectivity index (χ0v) is 42.0. The molecule has 0 fully saturated rings. The van der Waals surface area contributed by atoms with Crippen molar-refractivity contribution in [3.8, 4) is 0 Å². The van der Waals surface area contributed by atoms with Gasteiger partial charge in [-0.3, -0.25) is 0 Å². The van der Waals surface area contributed by atoms with E-state index < -0.39 is 0 Å².